The Labute approximate surface area is 552 Å². The summed E-state index contributed by atoms with van der Waals surface area (Å²) in [5.41, 5.74) is 20.9. The molecule has 3 heterocycles. The van der Waals surface area contributed by atoms with Crippen LogP contribution in [0, 0.1) is 6.92 Å². The van der Waals surface area contributed by atoms with E-state index in [0.717, 1.165) is 41.5 Å². The van der Waals surface area contributed by atoms with Gasteiger partial charge in [-0.15, -0.1) is 0 Å². The number of nitrogens with one attached hydrogen (secondary N) is 6. The van der Waals surface area contributed by atoms with E-state index in [1.54, 1.807) is 92.4 Å². The van der Waals surface area contributed by atoms with Crippen molar-refractivity contribution >= 4 is 104 Å². The highest BCUT2D eigenvalue weighted by Gasteiger charge is 2.22. The van der Waals surface area contributed by atoms with Crippen LogP contribution >= 0.6 is 36.7 Å². The maximum atomic E-state index is 10.9. The van der Waals surface area contributed by atoms with E-state index in [0.29, 0.717) is 68.4 Å². The lowest BCUT2D eigenvalue weighted by atomic mass is 10.0. The van der Waals surface area contributed by atoms with Crippen molar-refractivity contribution < 1.29 is 45.0 Å². The van der Waals surface area contributed by atoms with Gasteiger partial charge >= 0.3 is 17.9 Å². The number of thiocarbonyl (C=S) groups is 3. The monoisotopic (exact) mass is 1310 g/mol. The summed E-state index contributed by atoms with van der Waals surface area (Å²) in [5.74, 6) is -2.87. The summed E-state index contributed by atoms with van der Waals surface area (Å²) in [5, 5.41) is 94.2. The number of aromatic nitrogens is 6. The second-order valence-corrected chi connectivity index (χ2v) is 22.0. The standard InChI is InChI=1S/C23H25N5O3S.C22H23N5O3S.C21H21N5O3S/c1-4-5-15-6-8-16(9-7-15)20-21(29)19(27-28(20)3)14(2)25-26-23(32)24-18-12-10-17(11-13-18)22(30)31;1-4-14-5-7-15(8-6-14)19-20(28)18(26-27(19)3)13(2)24-25-22(31)23-17-11-9-16(10-12-17)21(29)30;1-12-4-6-14(7-5-12)18-19(27)17(25-26(18)3)13(2)23-24-21(30)22-16-10-8-15(9-11-16)20(28)29/h6-13,29H,4-5H2,1-3H3,(H,30,31)(H2,24,26,32);5-12,28H,4H2,1-3H3,(H,29,30)(H2,23,25,31);4-11,27H,1-3H3,(H,28,29)(H2,22,24,30)/b25-14+;24-13+;23-13+. The van der Waals surface area contributed by atoms with Gasteiger partial charge in [0.1, 0.15) is 17.1 Å². The smallest absolute Gasteiger partial charge is 0.335 e. The van der Waals surface area contributed by atoms with Crippen LogP contribution in [0.1, 0.15) is 106 Å². The minimum atomic E-state index is -0.998. The molecular formula is C66H69N15O9S3. The maximum Gasteiger partial charge on any atom is 0.335 e. The number of hydrogen-bond donors (Lipinski definition) is 12. The van der Waals surface area contributed by atoms with Gasteiger partial charge in [-0.05, 0) is 161 Å². The Kier molecular flexibility index (Phi) is 23.9. The highest BCUT2D eigenvalue weighted by molar-refractivity contribution is 7.80. The molecule has 0 radical (unpaired) electrons. The van der Waals surface area contributed by atoms with Gasteiger partial charge in [0.15, 0.2) is 49.7 Å². The molecule has 0 aliphatic rings. The Morgan fingerprint density at radius 3 is 0.957 bits per heavy atom. The number of benzene rings is 6. The summed E-state index contributed by atoms with van der Waals surface area (Å²) in [6, 6.07) is 42.3. The Hall–Kier alpha value is -11.2. The van der Waals surface area contributed by atoms with E-state index in [1.165, 1.54) is 47.5 Å². The fraction of sp³-hybridized carbons (Fsp3) is 0.182. The summed E-state index contributed by atoms with van der Waals surface area (Å²) in [6.07, 6.45) is 3.03. The number of aromatic hydroxyl groups is 3. The predicted molar refractivity (Wildman–Crippen MR) is 374 cm³/mol. The molecule has 24 nitrogen and oxygen atoms in total. The zero-order valence-electron chi connectivity index (χ0n) is 52.1. The summed E-state index contributed by atoms with van der Waals surface area (Å²) in [6.45, 7) is 11.4. The van der Waals surface area contributed by atoms with Crippen LogP contribution < -0.4 is 32.2 Å². The molecule has 0 bridgehead atoms. The molecule has 480 valence electrons. The zero-order valence-corrected chi connectivity index (χ0v) is 54.6. The van der Waals surface area contributed by atoms with Crippen LogP contribution in [0.5, 0.6) is 17.2 Å². The summed E-state index contributed by atoms with van der Waals surface area (Å²) < 4.78 is 4.85. The number of carboxylic acid groups (broad SMARTS) is 3. The molecule has 0 fully saturated rings. The summed E-state index contributed by atoms with van der Waals surface area (Å²) >= 11 is 15.7. The third-order valence-electron chi connectivity index (χ3n) is 14.0. The van der Waals surface area contributed by atoms with Crippen LogP contribution in [-0.4, -0.2) is 110 Å². The van der Waals surface area contributed by atoms with Gasteiger partial charge in [-0.25, -0.2) is 14.4 Å². The summed E-state index contributed by atoms with van der Waals surface area (Å²) in [4.78, 5) is 32.7. The zero-order chi connectivity index (χ0) is 67.6. The number of aryl methyl sites for hydroxylation is 6. The fourth-order valence-electron chi connectivity index (χ4n) is 9.10. The van der Waals surface area contributed by atoms with Gasteiger partial charge in [0.05, 0.1) is 33.8 Å². The predicted octanol–water partition coefficient (Wildman–Crippen LogP) is 11.4. The van der Waals surface area contributed by atoms with Gasteiger partial charge in [0, 0.05) is 54.9 Å². The molecule has 0 aliphatic carbocycles. The van der Waals surface area contributed by atoms with Crippen molar-refractivity contribution in [1.82, 2.24) is 45.6 Å². The van der Waals surface area contributed by atoms with Gasteiger partial charge in [0.25, 0.3) is 0 Å². The average Bonchev–Trinajstić information content (AvgIpc) is 1.69. The van der Waals surface area contributed by atoms with E-state index in [4.69, 9.17) is 52.0 Å². The highest BCUT2D eigenvalue weighted by Crippen LogP contribution is 2.35. The van der Waals surface area contributed by atoms with Crippen LogP contribution in [0.3, 0.4) is 0 Å². The molecule has 0 saturated heterocycles. The van der Waals surface area contributed by atoms with Gasteiger partial charge in [-0.2, -0.15) is 30.6 Å². The topological polar surface area (TPSA) is 335 Å². The lowest BCUT2D eigenvalue weighted by Gasteiger charge is -2.08. The minimum Gasteiger partial charge on any atom is -0.504 e. The van der Waals surface area contributed by atoms with Crippen LogP contribution in [0.4, 0.5) is 17.1 Å². The van der Waals surface area contributed by atoms with Gasteiger partial charge in [-0.1, -0.05) is 98.6 Å². The van der Waals surface area contributed by atoms with Crippen molar-refractivity contribution in [3.63, 3.8) is 0 Å². The SMILES string of the molecule is C/C(=N\NC(=S)Nc1ccc(C(=O)O)cc1)c1nn(C)c(-c2ccc(C)cc2)c1O.CCCc1ccc(-c2c(O)c(/C(C)=N/NC(=S)Nc3ccc(C(=O)O)cc3)nn2C)cc1.CCc1ccc(-c2c(O)c(/C(C)=N/NC(=S)Nc3ccc(C(=O)O)cc3)nn2C)cc1. The molecule has 0 unspecified atom stereocenters. The normalized spacial score (nSPS) is 11.3. The molecule has 3 aromatic heterocycles. The molecule has 9 rings (SSSR count). The number of carbonyl (C=O) groups is 3. The molecule has 0 spiro atoms. The third kappa shape index (κ3) is 18.5. The molecule has 12 N–H and O–H groups in total. The molecule has 0 saturated carbocycles. The van der Waals surface area contributed by atoms with Crippen molar-refractivity contribution in [3.8, 4) is 51.0 Å². The first-order valence-corrected chi connectivity index (χ1v) is 30.0. The van der Waals surface area contributed by atoms with Crippen LogP contribution in [0.15, 0.2) is 161 Å². The molecular weight excluding hydrogens is 1240 g/mol. The van der Waals surface area contributed by atoms with Crippen molar-refractivity contribution in [2.24, 2.45) is 36.4 Å². The molecule has 27 heteroatoms. The van der Waals surface area contributed by atoms with Crippen LogP contribution in [-0.2, 0) is 34.0 Å². The quantitative estimate of drug-likeness (QED) is 0.0216. The Morgan fingerprint density at radius 1 is 0.430 bits per heavy atom. The third-order valence-corrected chi connectivity index (χ3v) is 14.5. The van der Waals surface area contributed by atoms with Gasteiger partial charge in [-0.3, -0.25) is 30.3 Å². The first-order chi connectivity index (χ1) is 44.3. The molecule has 9 aromatic rings. The maximum absolute atomic E-state index is 10.9. The Morgan fingerprint density at radius 2 is 0.699 bits per heavy atom. The number of nitrogens with zero attached hydrogens (tertiary/aromatic N) is 9. The van der Waals surface area contributed by atoms with Crippen molar-refractivity contribution in [1.29, 1.82) is 0 Å². The summed E-state index contributed by atoms with van der Waals surface area (Å²) in [7, 11) is 5.29. The largest absolute Gasteiger partial charge is 0.504 e. The number of hydrogen-bond acceptors (Lipinski definition) is 15. The lowest BCUT2D eigenvalue weighted by molar-refractivity contribution is 0.0686. The highest BCUT2D eigenvalue weighted by atomic mass is 32.1. The Balaban J connectivity index is 0.000000198. The Bertz CT molecular complexity index is 4280. The average molecular weight is 1310 g/mol. The number of carboxylic acids is 3. The first-order valence-electron chi connectivity index (χ1n) is 28.7. The number of aromatic carboxylic acids is 3. The first kappa shape index (κ1) is 69.3. The van der Waals surface area contributed by atoms with Crippen molar-refractivity contribution in [2.75, 3.05) is 16.0 Å². The van der Waals surface area contributed by atoms with Gasteiger partial charge in [0.2, 0.25) is 0 Å². The van der Waals surface area contributed by atoms with E-state index in [1.807, 2.05) is 67.6 Å². The van der Waals surface area contributed by atoms with E-state index >= 15 is 0 Å². The molecule has 0 amide bonds. The van der Waals surface area contributed by atoms with Crippen LogP contribution in [0.25, 0.3) is 33.8 Å². The van der Waals surface area contributed by atoms with Gasteiger partial charge < -0.3 is 46.6 Å². The van der Waals surface area contributed by atoms with E-state index in [9.17, 15) is 29.7 Å². The second kappa shape index (κ2) is 32.0. The fourth-order valence-corrected chi connectivity index (χ4v) is 9.59. The lowest BCUT2D eigenvalue weighted by Crippen LogP contribution is -2.25. The second-order valence-electron chi connectivity index (χ2n) is 20.8. The van der Waals surface area contributed by atoms with E-state index < -0.39 is 17.9 Å². The number of hydrazone groups is 3. The van der Waals surface area contributed by atoms with Crippen LogP contribution in [0.2, 0.25) is 0 Å². The minimum absolute atomic E-state index is 0.0348. The molecule has 0 aliphatic heterocycles. The number of anilines is 3. The van der Waals surface area contributed by atoms with Crippen molar-refractivity contribution in [3.05, 3.63) is 196 Å². The number of rotatable bonds is 18. The molecule has 6 aromatic carbocycles. The van der Waals surface area contributed by atoms with E-state index in [2.05, 4.69) is 88.8 Å². The molecule has 0 atom stereocenters. The van der Waals surface area contributed by atoms with E-state index in [-0.39, 0.29) is 49.3 Å². The van der Waals surface area contributed by atoms with Crippen molar-refractivity contribution in [2.45, 2.75) is 60.8 Å². The molecule has 93 heavy (non-hydrogen) atoms.